The van der Waals surface area contributed by atoms with Crippen LogP contribution in [0.3, 0.4) is 0 Å². The van der Waals surface area contributed by atoms with E-state index in [1.807, 2.05) is 25.1 Å². The van der Waals surface area contributed by atoms with E-state index in [-0.39, 0.29) is 11.9 Å². The molecule has 0 bridgehead atoms. The highest BCUT2D eigenvalue weighted by Crippen LogP contribution is 2.20. The highest BCUT2D eigenvalue weighted by molar-refractivity contribution is 6.01. The SMILES string of the molecule is COc1ccc(C(=O)C2CN(C(C)C)CCO2)c(C)c1. The molecule has 110 valence electrons. The zero-order valence-electron chi connectivity index (χ0n) is 12.7. The number of aryl methyl sites for hydroxylation is 1. The zero-order valence-corrected chi connectivity index (χ0v) is 12.7. The monoisotopic (exact) mass is 277 g/mol. The molecule has 4 heteroatoms. The predicted molar refractivity (Wildman–Crippen MR) is 78.5 cm³/mol. The average Bonchev–Trinajstić information content (AvgIpc) is 2.46. The van der Waals surface area contributed by atoms with Crippen molar-refractivity contribution in [2.75, 3.05) is 26.8 Å². The molecule has 1 heterocycles. The highest BCUT2D eigenvalue weighted by Gasteiger charge is 2.29. The summed E-state index contributed by atoms with van der Waals surface area (Å²) in [5.74, 6) is 0.836. The van der Waals surface area contributed by atoms with E-state index in [1.165, 1.54) is 0 Å². The van der Waals surface area contributed by atoms with Crippen LogP contribution in [0.1, 0.15) is 29.8 Å². The van der Waals surface area contributed by atoms with Gasteiger partial charge < -0.3 is 9.47 Å². The van der Waals surface area contributed by atoms with E-state index in [2.05, 4.69) is 18.7 Å². The largest absolute Gasteiger partial charge is 0.497 e. The average molecular weight is 277 g/mol. The van der Waals surface area contributed by atoms with E-state index in [0.29, 0.717) is 19.2 Å². The van der Waals surface area contributed by atoms with Gasteiger partial charge in [0, 0.05) is 24.7 Å². The maximum atomic E-state index is 12.6. The van der Waals surface area contributed by atoms with Crippen LogP contribution >= 0.6 is 0 Å². The molecule has 1 atom stereocenters. The van der Waals surface area contributed by atoms with Crippen molar-refractivity contribution >= 4 is 5.78 Å². The van der Waals surface area contributed by atoms with Crippen molar-refractivity contribution in [3.63, 3.8) is 0 Å². The van der Waals surface area contributed by atoms with Crippen LogP contribution in [0.4, 0.5) is 0 Å². The molecule has 0 aromatic heterocycles. The first-order valence-corrected chi connectivity index (χ1v) is 7.07. The molecule has 2 rings (SSSR count). The molecule has 0 N–H and O–H groups in total. The van der Waals surface area contributed by atoms with Gasteiger partial charge in [0.25, 0.3) is 0 Å². The number of nitrogens with zero attached hydrogens (tertiary/aromatic N) is 1. The second kappa shape index (κ2) is 6.37. The van der Waals surface area contributed by atoms with Crippen LogP contribution in [-0.4, -0.2) is 49.6 Å². The number of benzene rings is 1. The summed E-state index contributed by atoms with van der Waals surface area (Å²) in [5, 5.41) is 0. The minimum absolute atomic E-state index is 0.0653. The Hall–Kier alpha value is -1.39. The maximum absolute atomic E-state index is 12.6. The Balaban J connectivity index is 2.14. The minimum atomic E-state index is -0.363. The quantitative estimate of drug-likeness (QED) is 0.792. The molecule has 1 unspecified atom stereocenters. The minimum Gasteiger partial charge on any atom is -0.497 e. The van der Waals surface area contributed by atoms with Crippen molar-refractivity contribution in [2.24, 2.45) is 0 Å². The molecule has 1 aromatic carbocycles. The van der Waals surface area contributed by atoms with Crippen LogP contribution < -0.4 is 4.74 Å². The van der Waals surface area contributed by atoms with Gasteiger partial charge in [0.05, 0.1) is 13.7 Å². The number of ether oxygens (including phenoxy) is 2. The maximum Gasteiger partial charge on any atom is 0.193 e. The van der Waals surface area contributed by atoms with Gasteiger partial charge in [-0.15, -0.1) is 0 Å². The second-order valence-electron chi connectivity index (χ2n) is 5.49. The van der Waals surface area contributed by atoms with Crippen LogP contribution in [0.5, 0.6) is 5.75 Å². The molecule has 0 amide bonds. The Morgan fingerprint density at radius 3 is 2.80 bits per heavy atom. The molecule has 4 nitrogen and oxygen atoms in total. The molecule has 1 saturated heterocycles. The van der Waals surface area contributed by atoms with Crippen molar-refractivity contribution < 1.29 is 14.3 Å². The van der Waals surface area contributed by atoms with Crippen molar-refractivity contribution in [3.8, 4) is 5.75 Å². The second-order valence-corrected chi connectivity index (χ2v) is 5.49. The smallest absolute Gasteiger partial charge is 0.193 e. The van der Waals surface area contributed by atoms with E-state index in [1.54, 1.807) is 7.11 Å². The van der Waals surface area contributed by atoms with Gasteiger partial charge in [-0.3, -0.25) is 9.69 Å². The van der Waals surface area contributed by atoms with E-state index >= 15 is 0 Å². The summed E-state index contributed by atoms with van der Waals surface area (Å²) in [6.45, 7) is 8.39. The Bertz CT molecular complexity index is 485. The molecule has 0 spiro atoms. The van der Waals surface area contributed by atoms with Gasteiger partial charge in [-0.1, -0.05) is 0 Å². The lowest BCUT2D eigenvalue weighted by Gasteiger charge is -2.34. The summed E-state index contributed by atoms with van der Waals surface area (Å²) in [5.41, 5.74) is 1.65. The third-order valence-corrected chi connectivity index (χ3v) is 3.82. The molecular formula is C16H23NO3. The first kappa shape index (κ1) is 15.0. The summed E-state index contributed by atoms with van der Waals surface area (Å²) in [4.78, 5) is 14.9. The van der Waals surface area contributed by atoms with Gasteiger partial charge in [-0.25, -0.2) is 0 Å². The first-order chi connectivity index (χ1) is 9.52. The Morgan fingerprint density at radius 1 is 1.45 bits per heavy atom. The van der Waals surface area contributed by atoms with Gasteiger partial charge in [-0.2, -0.15) is 0 Å². The van der Waals surface area contributed by atoms with Crippen LogP contribution in [0, 0.1) is 6.92 Å². The molecule has 20 heavy (non-hydrogen) atoms. The van der Waals surface area contributed by atoms with Crippen molar-refractivity contribution in [1.29, 1.82) is 0 Å². The van der Waals surface area contributed by atoms with Gasteiger partial charge in [0.15, 0.2) is 5.78 Å². The fourth-order valence-corrected chi connectivity index (χ4v) is 2.51. The van der Waals surface area contributed by atoms with E-state index in [0.717, 1.165) is 23.4 Å². The number of morpholine rings is 1. The van der Waals surface area contributed by atoms with Crippen LogP contribution in [0.25, 0.3) is 0 Å². The number of Topliss-reactive ketones (excluding diaryl/α,β-unsaturated/α-hetero) is 1. The fourth-order valence-electron chi connectivity index (χ4n) is 2.51. The third-order valence-electron chi connectivity index (χ3n) is 3.82. The fraction of sp³-hybridized carbons (Fsp3) is 0.562. The number of methoxy groups -OCH3 is 1. The lowest BCUT2D eigenvalue weighted by Crippen LogP contribution is -2.48. The number of carbonyl (C=O) groups is 1. The summed E-state index contributed by atoms with van der Waals surface area (Å²) in [6.07, 6.45) is -0.363. The number of hydrogen-bond donors (Lipinski definition) is 0. The molecule has 1 aromatic rings. The number of ketones is 1. The van der Waals surface area contributed by atoms with E-state index < -0.39 is 0 Å². The Labute approximate surface area is 120 Å². The third kappa shape index (κ3) is 3.19. The van der Waals surface area contributed by atoms with Gasteiger partial charge in [0.1, 0.15) is 11.9 Å². The predicted octanol–water partition coefficient (Wildman–Crippen LogP) is 2.30. The molecule has 1 aliphatic heterocycles. The van der Waals surface area contributed by atoms with Gasteiger partial charge >= 0.3 is 0 Å². The lowest BCUT2D eigenvalue weighted by molar-refractivity contribution is -0.0256. The van der Waals surface area contributed by atoms with E-state index in [4.69, 9.17) is 9.47 Å². The van der Waals surface area contributed by atoms with Crippen molar-refractivity contribution in [1.82, 2.24) is 4.90 Å². The standard InChI is InChI=1S/C16H23NO3/c1-11(2)17-7-8-20-15(10-17)16(18)14-6-5-13(19-4)9-12(14)3/h5-6,9,11,15H,7-8,10H2,1-4H3. The number of hydrogen-bond acceptors (Lipinski definition) is 4. The summed E-state index contributed by atoms with van der Waals surface area (Å²) >= 11 is 0. The van der Waals surface area contributed by atoms with E-state index in [9.17, 15) is 4.79 Å². The van der Waals surface area contributed by atoms with Crippen LogP contribution in [0.15, 0.2) is 18.2 Å². The Morgan fingerprint density at radius 2 is 2.20 bits per heavy atom. The van der Waals surface area contributed by atoms with Crippen LogP contribution in [0.2, 0.25) is 0 Å². The molecule has 0 radical (unpaired) electrons. The number of carbonyl (C=O) groups excluding carboxylic acids is 1. The van der Waals surface area contributed by atoms with Crippen molar-refractivity contribution in [3.05, 3.63) is 29.3 Å². The molecule has 0 aliphatic carbocycles. The zero-order chi connectivity index (χ0) is 14.7. The first-order valence-electron chi connectivity index (χ1n) is 7.07. The summed E-state index contributed by atoms with van der Waals surface area (Å²) < 4.78 is 10.8. The van der Waals surface area contributed by atoms with Gasteiger partial charge in [0.2, 0.25) is 0 Å². The summed E-state index contributed by atoms with van der Waals surface area (Å²) in [6, 6.07) is 5.97. The molecule has 0 saturated carbocycles. The molecule has 1 aliphatic rings. The topological polar surface area (TPSA) is 38.8 Å². The Kier molecular flexibility index (Phi) is 4.78. The lowest BCUT2D eigenvalue weighted by atomic mass is 9.99. The highest BCUT2D eigenvalue weighted by atomic mass is 16.5. The summed E-state index contributed by atoms with van der Waals surface area (Å²) in [7, 11) is 1.63. The van der Waals surface area contributed by atoms with Crippen molar-refractivity contribution in [2.45, 2.75) is 32.9 Å². The molecule has 1 fully saturated rings. The normalized spacial score (nSPS) is 20.1. The van der Waals surface area contributed by atoms with Crippen LogP contribution in [-0.2, 0) is 4.74 Å². The van der Waals surface area contributed by atoms with Gasteiger partial charge in [-0.05, 0) is 44.5 Å². The number of rotatable bonds is 4. The molecular weight excluding hydrogens is 254 g/mol.